The summed E-state index contributed by atoms with van der Waals surface area (Å²) >= 11 is 0. The van der Waals surface area contributed by atoms with Crippen LogP contribution in [0.1, 0.15) is 0 Å². The number of ether oxygens (including phenoxy) is 1. The number of carbonyl (C=O) groups is 2. The number of nitrogens with zero attached hydrogens (tertiary/aromatic N) is 6. The maximum Gasteiger partial charge on any atom is 0.328 e. The first-order chi connectivity index (χ1) is 11.7. The third-order valence-electron chi connectivity index (χ3n) is 3.67. The van der Waals surface area contributed by atoms with Crippen LogP contribution in [0.4, 0.5) is 5.95 Å². The highest BCUT2D eigenvalue weighted by Crippen LogP contribution is 2.09. The van der Waals surface area contributed by atoms with E-state index in [0.29, 0.717) is 32.1 Å². The van der Waals surface area contributed by atoms with E-state index in [1.54, 1.807) is 41.8 Å². The maximum atomic E-state index is 12.1. The first-order valence-electron chi connectivity index (χ1n) is 7.65. The van der Waals surface area contributed by atoms with Gasteiger partial charge in [-0.05, 0) is 12.1 Å². The minimum Gasteiger partial charge on any atom is -0.454 e. The topological polar surface area (TPSA) is 93.5 Å². The minimum atomic E-state index is -0.483. The zero-order chi connectivity index (χ0) is 16.8. The Bertz CT molecular complexity index is 668. The Morgan fingerprint density at radius 2 is 1.79 bits per heavy atom. The zero-order valence-corrected chi connectivity index (χ0v) is 13.1. The molecule has 2 aromatic heterocycles. The van der Waals surface area contributed by atoms with E-state index in [9.17, 15) is 9.59 Å². The van der Waals surface area contributed by atoms with Crippen LogP contribution in [0, 0.1) is 0 Å². The van der Waals surface area contributed by atoms with E-state index in [1.807, 2.05) is 4.90 Å². The van der Waals surface area contributed by atoms with Crippen molar-refractivity contribution in [3.63, 3.8) is 0 Å². The summed E-state index contributed by atoms with van der Waals surface area (Å²) in [6.45, 7) is 2.15. The van der Waals surface area contributed by atoms with Crippen molar-refractivity contribution in [1.29, 1.82) is 0 Å². The molecule has 0 unspecified atom stereocenters. The fraction of sp³-hybridized carbons (Fsp3) is 0.400. The van der Waals surface area contributed by atoms with Crippen LogP contribution in [0.15, 0.2) is 36.9 Å². The van der Waals surface area contributed by atoms with Crippen LogP contribution in [0.3, 0.4) is 0 Å². The van der Waals surface area contributed by atoms with Crippen molar-refractivity contribution in [2.24, 2.45) is 0 Å². The second kappa shape index (κ2) is 7.53. The van der Waals surface area contributed by atoms with Crippen LogP contribution in [-0.4, -0.2) is 69.3 Å². The molecule has 1 fully saturated rings. The highest BCUT2D eigenvalue weighted by atomic mass is 16.5. The predicted molar refractivity (Wildman–Crippen MR) is 84.0 cm³/mol. The van der Waals surface area contributed by atoms with Gasteiger partial charge in [-0.3, -0.25) is 14.3 Å². The molecule has 1 saturated heterocycles. The lowest BCUT2D eigenvalue weighted by Gasteiger charge is -2.34. The monoisotopic (exact) mass is 330 g/mol. The molecule has 24 heavy (non-hydrogen) atoms. The molecule has 9 nitrogen and oxygen atoms in total. The summed E-state index contributed by atoms with van der Waals surface area (Å²) in [6, 6.07) is 3.48. The second-order valence-corrected chi connectivity index (χ2v) is 5.28. The molecule has 0 aromatic carbocycles. The van der Waals surface area contributed by atoms with Crippen molar-refractivity contribution in [3.8, 4) is 0 Å². The number of hydrogen-bond donors (Lipinski definition) is 0. The van der Waals surface area contributed by atoms with Gasteiger partial charge in [0.15, 0.2) is 6.61 Å². The van der Waals surface area contributed by atoms with E-state index in [2.05, 4.69) is 15.1 Å². The van der Waals surface area contributed by atoms with E-state index in [0.717, 1.165) is 0 Å². The Kier molecular flexibility index (Phi) is 4.99. The SMILES string of the molecule is O=C(Cn1cccn1)OCC(=O)N1CCN(c2ncccn2)CC1. The lowest BCUT2D eigenvalue weighted by atomic mass is 10.3. The van der Waals surface area contributed by atoms with Crippen molar-refractivity contribution >= 4 is 17.8 Å². The van der Waals surface area contributed by atoms with Crippen LogP contribution < -0.4 is 4.90 Å². The van der Waals surface area contributed by atoms with Gasteiger partial charge in [0.2, 0.25) is 5.95 Å². The number of hydrogen-bond acceptors (Lipinski definition) is 7. The van der Waals surface area contributed by atoms with E-state index < -0.39 is 5.97 Å². The molecule has 126 valence electrons. The number of carbonyl (C=O) groups excluding carboxylic acids is 2. The van der Waals surface area contributed by atoms with Crippen LogP contribution >= 0.6 is 0 Å². The number of aromatic nitrogens is 4. The van der Waals surface area contributed by atoms with Gasteiger partial charge in [-0.1, -0.05) is 0 Å². The summed E-state index contributed by atoms with van der Waals surface area (Å²) in [7, 11) is 0. The average Bonchev–Trinajstić information content (AvgIpc) is 3.13. The highest BCUT2D eigenvalue weighted by molar-refractivity contribution is 5.80. The highest BCUT2D eigenvalue weighted by Gasteiger charge is 2.23. The second-order valence-electron chi connectivity index (χ2n) is 5.28. The average molecular weight is 330 g/mol. The lowest BCUT2D eigenvalue weighted by molar-refractivity contribution is -0.152. The molecule has 1 aliphatic heterocycles. The molecule has 3 heterocycles. The predicted octanol–water partition coefficient (Wildman–Crippen LogP) is -0.435. The van der Waals surface area contributed by atoms with Crippen molar-refractivity contribution in [2.45, 2.75) is 6.54 Å². The van der Waals surface area contributed by atoms with Crippen molar-refractivity contribution in [2.75, 3.05) is 37.7 Å². The lowest BCUT2D eigenvalue weighted by Crippen LogP contribution is -2.50. The van der Waals surface area contributed by atoms with Gasteiger partial charge in [0.25, 0.3) is 5.91 Å². The number of piperazine rings is 1. The number of rotatable bonds is 5. The minimum absolute atomic E-state index is 0.000591. The molecule has 0 bridgehead atoms. The summed E-state index contributed by atoms with van der Waals surface area (Å²) in [4.78, 5) is 35.9. The standard InChI is InChI=1S/C15H18N6O3/c22-13(12-24-14(23)11-21-6-2-5-18-21)19-7-9-20(10-8-19)15-16-3-1-4-17-15/h1-6H,7-12H2. The molecule has 0 radical (unpaired) electrons. The van der Waals surface area contributed by atoms with E-state index in [1.165, 1.54) is 4.68 Å². The molecule has 0 atom stereocenters. The van der Waals surface area contributed by atoms with Gasteiger partial charge in [-0.2, -0.15) is 5.10 Å². The smallest absolute Gasteiger partial charge is 0.328 e. The first-order valence-corrected chi connectivity index (χ1v) is 7.65. The van der Waals surface area contributed by atoms with Crippen molar-refractivity contribution in [1.82, 2.24) is 24.6 Å². The van der Waals surface area contributed by atoms with Crippen LogP contribution in [0.2, 0.25) is 0 Å². The quantitative estimate of drug-likeness (QED) is 0.686. The summed E-state index contributed by atoms with van der Waals surface area (Å²) < 4.78 is 6.46. The third-order valence-corrected chi connectivity index (χ3v) is 3.67. The first kappa shape index (κ1) is 15.9. The third kappa shape index (κ3) is 4.06. The Balaban J connectivity index is 1.41. The summed E-state index contributed by atoms with van der Waals surface area (Å²) in [5, 5.41) is 3.91. The molecule has 3 rings (SSSR count). The summed E-state index contributed by atoms with van der Waals surface area (Å²) in [6.07, 6.45) is 6.63. The molecule has 0 N–H and O–H groups in total. The largest absolute Gasteiger partial charge is 0.454 e. The van der Waals surface area contributed by atoms with Gasteiger partial charge in [0.1, 0.15) is 6.54 Å². The van der Waals surface area contributed by atoms with Crippen molar-refractivity contribution in [3.05, 3.63) is 36.9 Å². The van der Waals surface area contributed by atoms with Gasteiger partial charge >= 0.3 is 5.97 Å². The van der Waals surface area contributed by atoms with Crippen LogP contribution in [-0.2, 0) is 20.9 Å². The van der Waals surface area contributed by atoms with E-state index >= 15 is 0 Å². The molecule has 2 aromatic rings. The molecule has 1 aliphatic rings. The van der Waals surface area contributed by atoms with Gasteiger partial charge in [0, 0.05) is 51.0 Å². The van der Waals surface area contributed by atoms with E-state index in [-0.39, 0.29) is 19.1 Å². The molecular weight excluding hydrogens is 312 g/mol. The Morgan fingerprint density at radius 1 is 1.04 bits per heavy atom. The summed E-state index contributed by atoms with van der Waals surface area (Å²) in [5.41, 5.74) is 0. The molecular formula is C15H18N6O3. The molecule has 0 saturated carbocycles. The van der Waals surface area contributed by atoms with Gasteiger partial charge in [-0.15, -0.1) is 0 Å². The molecule has 0 spiro atoms. The number of esters is 1. The zero-order valence-electron chi connectivity index (χ0n) is 13.1. The van der Waals surface area contributed by atoms with Gasteiger partial charge < -0.3 is 14.5 Å². The number of anilines is 1. The Morgan fingerprint density at radius 3 is 2.46 bits per heavy atom. The Hall–Kier alpha value is -2.97. The molecule has 9 heteroatoms. The maximum absolute atomic E-state index is 12.1. The summed E-state index contributed by atoms with van der Waals surface area (Å²) in [5.74, 6) is -0.0175. The molecule has 0 aliphatic carbocycles. The molecule has 1 amide bonds. The van der Waals surface area contributed by atoms with Gasteiger partial charge in [-0.25, -0.2) is 9.97 Å². The fourth-order valence-electron chi connectivity index (χ4n) is 2.42. The Labute approximate surface area is 138 Å². The number of amides is 1. The van der Waals surface area contributed by atoms with Crippen LogP contribution in [0.25, 0.3) is 0 Å². The van der Waals surface area contributed by atoms with E-state index in [4.69, 9.17) is 4.74 Å². The van der Waals surface area contributed by atoms with Crippen LogP contribution in [0.5, 0.6) is 0 Å². The van der Waals surface area contributed by atoms with Gasteiger partial charge in [0.05, 0.1) is 0 Å². The normalized spacial score (nSPS) is 14.5. The fourth-order valence-corrected chi connectivity index (χ4v) is 2.42. The van der Waals surface area contributed by atoms with Crippen molar-refractivity contribution < 1.29 is 14.3 Å².